The molecule has 1 aliphatic heterocycles. The molecule has 1 amide bonds. The Morgan fingerprint density at radius 2 is 2.05 bits per heavy atom. The van der Waals surface area contributed by atoms with Crippen molar-refractivity contribution in [1.82, 2.24) is 14.8 Å². The average Bonchev–Trinajstić information content (AvgIpc) is 2.53. The summed E-state index contributed by atoms with van der Waals surface area (Å²) in [5.41, 5.74) is 0.620. The topological polar surface area (TPSA) is 48.5 Å². The van der Waals surface area contributed by atoms with E-state index in [0.717, 1.165) is 12.4 Å². The van der Waals surface area contributed by atoms with E-state index in [1.165, 1.54) is 32.4 Å². The number of hydrogen-bond donors (Lipinski definition) is 1. The number of piperidine rings is 1. The van der Waals surface area contributed by atoms with E-state index in [1.54, 1.807) is 25.2 Å². The molecule has 5 heteroatoms. The predicted molar refractivity (Wildman–Crippen MR) is 85.6 cm³/mol. The zero-order valence-corrected chi connectivity index (χ0v) is 13.3. The fraction of sp³-hybridized carbons (Fsp3) is 0.625. The second-order valence-corrected chi connectivity index (χ2v) is 5.96. The number of pyridine rings is 1. The molecular formula is C16H26N4O. The molecule has 1 aromatic heterocycles. The molecule has 2 rings (SSSR count). The largest absolute Gasteiger partial charge is 0.369 e. The van der Waals surface area contributed by atoms with Crippen molar-refractivity contribution >= 4 is 11.7 Å². The first-order valence-electron chi connectivity index (χ1n) is 7.73. The number of amides is 1. The summed E-state index contributed by atoms with van der Waals surface area (Å²) in [4.78, 5) is 20.2. The highest BCUT2D eigenvalue weighted by Crippen LogP contribution is 2.13. The molecule has 0 bridgehead atoms. The third-order valence-electron chi connectivity index (χ3n) is 4.01. The van der Waals surface area contributed by atoms with Crippen LogP contribution in [-0.2, 0) is 0 Å². The first-order chi connectivity index (χ1) is 10.1. The van der Waals surface area contributed by atoms with Crippen LogP contribution in [0.25, 0.3) is 0 Å². The fourth-order valence-corrected chi connectivity index (χ4v) is 2.62. The number of aromatic nitrogens is 1. The smallest absolute Gasteiger partial charge is 0.254 e. The summed E-state index contributed by atoms with van der Waals surface area (Å²) in [6, 6.07) is 4.21. The van der Waals surface area contributed by atoms with Crippen LogP contribution < -0.4 is 5.32 Å². The fourth-order valence-electron chi connectivity index (χ4n) is 2.62. The van der Waals surface area contributed by atoms with Crippen LogP contribution in [0.5, 0.6) is 0 Å². The summed E-state index contributed by atoms with van der Waals surface area (Å²) in [7, 11) is 3.49. The molecule has 116 valence electrons. The maximum Gasteiger partial charge on any atom is 0.254 e. The van der Waals surface area contributed by atoms with Crippen molar-refractivity contribution in [3.63, 3.8) is 0 Å². The lowest BCUT2D eigenvalue weighted by Gasteiger charge is -2.32. The number of nitrogens with zero attached hydrogens (tertiary/aromatic N) is 3. The molecule has 1 atom stereocenters. The Kier molecular flexibility index (Phi) is 5.56. The molecule has 1 unspecified atom stereocenters. The summed E-state index contributed by atoms with van der Waals surface area (Å²) in [5, 5.41) is 3.36. The Morgan fingerprint density at radius 3 is 2.62 bits per heavy atom. The number of rotatable bonds is 5. The monoisotopic (exact) mass is 290 g/mol. The van der Waals surface area contributed by atoms with Gasteiger partial charge in [-0.15, -0.1) is 0 Å². The Bertz CT molecular complexity index is 452. The number of carbonyl (C=O) groups excluding carboxylic acids is 1. The highest BCUT2D eigenvalue weighted by atomic mass is 16.2. The number of likely N-dealkylation sites (tertiary alicyclic amines) is 1. The van der Waals surface area contributed by atoms with Crippen LogP contribution in [0, 0.1) is 0 Å². The van der Waals surface area contributed by atoms with Crippen LogP contribution in [0.15, 0.2) is 18.3 Å². The van der Waals surface area contributed by atoms with Gasteiger partial charge >= 0.3 is 0 Å². The van der Waals surface area contributed by atoms with Crippen molar-refractivity contribution in [2.24, 2.45) is 0 Å². The molecule has 1 saturated heterocycles. The normalized spacial score (nSPS) is 17.3. The lowest BCUT2D eigenvalue weighted by molar-refractivity contribution is 0.0827. The molecule has 1 N–H and O–H groups in total. The maximum absolute atomic E-state index is 11.8. The van der Waals surface area contributed by atoms with Gasteiger partial charge in [-0.2, -0.15) is 0 Å². The Morgan fingerprint density at radius 1 is 1.33 bits per heavy atom. The summed E-state index contributed by atoms with van der Waals surface area (Å²) < 4.78 is 0. The molecule has 0 saturated carbocycles. The van der Waals surface area contributed by atoms with Crippen molar-refractivity contribution in [3.05, 3.63) is 23.9 Å². The van der Waals surface area contributed by atoms with Gasteiger partial charge in [0.05, 0.1) is 5.56 Å². The van der Waals surface area contributed by atoms with Crippen LogP contribution in [-0.4, -0.2) is 60.5 Å². The van der Waals surface area contributed by atoms with Gasteiger partial charge in [-0.3, -0.25) is 9.69 Å². The molecule has 0 spiro atoms. The SMILES string of the molecule is CC(CNc1ccc(C(=O)N(C)C)cn1)N1CCCCC1. The van der Waals surface area contributed by atoms with E-state index in [-0.39, 0.29) is 5.91 Å². The molecular weight excluding hydrogens is 264 g/mol. The van der Waals surface area contributed by atoms with E-state index < -0.39 is 0 Å². The van der Waals surface area contributed by atoms with Gasteiger partial charge in [-0.1, -0.05) is 6.42 Å². The Labute approximate surface area is 127 Å². The molecule has 21 heavy (non-hydrogen) atoms. The van der Waals surface area contributed by atoms with E-state index in [0.29, 0.717) is 11.6 Å². The third-order valence-corrected chi connectivity index (χ3v) is 4.01. The van der Waals surface area contributed by atoms with Gasteiger partial charge in [0.25, 0.3) is 5.91 Å². The van der Waals surface area contributed by atoms with E-state index in [1.807, 2.05) is 12.1 Å². The van der Waals surface area contributed by atoms with Crippen LogP contribution in [0.2, 0.25) is 0 Å². The molecule has 0 radical (unpaired) electrons. The van der Waals surface area contributed by atoms with Crippen LogP contribution in [0.3, 0.4) is 0 Å². The van der Waals surface area contributed by atoms with Crippen molar-refractivity contribution < 1.29 is 4.79 Å². The third kappa shape index (κ3) is 4.43. The lowest BCUT2D eigenvalue weighted by Crippen LogP contribution is -2.41. The molecule has 0 aliphatic carbocycles. The van der Waals surface area contributed by atoms with Gasteiger partial charge < -0.3 is 10.2 Å². The first-order valence-corrected chi connectivity index (χ1v) is 7.73. The van der Waals surface area contributed by atoms with Gasteiger partial charge in [-0.25, -0.2) is 4.98 Å². The summed E-state index contributed by atoms with van der Waals surface area (Å²) >= 11 is 0. The average molecular weight is 290 g/mol. The Hall–Kier alpha value is -1.62. The number of carbonyl (C=O) groups is 1. The zero-order chi connectivity index (χ0) is 15.2. The quantitative estimate of drug-likeness (QED) is 0.902. The minimum atomic E-state index is -0.0178. The molecule has 5 nitrogen and oxygen atoms in total. The highest BCUT2D eigenvalue weighted by molar-refractivity contribution is 5.93. The van der Waals surface area contributed by atoms with Gasteiger partial charge in [-0.05, 0) is 45.0 Å². The van der Waals surface area contributed by atoms with Gasteiger partial charge in [0.15, 0.2) is 0 Å². The lowest BCUT2D eigenvalue weighted by atomic mass is 10.1. The predicted octanol–water partition coefficient (Wildman–Crippen LogP) is 2.07. The summed E-state index contributed by atoms with van der Waals surface area (Å²) in [6.07, 6.45) is 5.61. The standard InChI is InChI=1S/C16H26N4O/c1-13(20-9-5-4-6-10-20)11-17-15-8-7-14(12-18-15)16(21)19(2)3/h7-8,12-13H,4-6,9-11H2,1-3H3,(H,17,18). The highest BCUT2D eigenvalue weighted by Gasteiger charge is 2.16. The van der Waals surface area contributed by atoms with Crippen molar-refractivity contribution in [2.75, 3.05) is 39.0 Å². The number of hydrogen-bond acceptors (Lipinski definition) is 4. The second-order valence-electron chi connectivity index (χ2n) is 5.96. The molecule has 1 aromatic rings. The zero-order valence-electron chi connectivity index (χ0n) is 13.3. The van der Waals surface area contributed by atoms with E-state index >= 15 is 0 Å². The summed E-state index contributed by atoms with van der Waals surface area (Å²) in [6.45, 7) is 5.54. The van der Waals surface area contributed by atoms with Gasteiger partial charge in [0, 0.05) is 32.9 Å². The van der Waals surface area contributed by atoms with Crippen LogP contribution in [0.4, 0.5) is 5.82 Å². The minimum Gasteiger partial charge on any atom is -0.369 e. The van der Waals surface area contributed by atoms with E-state index in [9.17, 15) is 4.79 Å². The first kappa shape index (κ1) is 15.8. The number of nitrogens with one attached hydrogen (secondary N) is 1. The van der Waals surface area contributed by atoms with Crippen molar-refractivity contribution in [1.29, 1.82) is 0 Å². The maximum atomic E-state index is 11.8. The van der Waals surface area contributed by atoms with Gasteiger partial charge in [0.1, 0.15) is 5.82 Å². The summed E-state index contributed by atoms with van der Waals surface area (Å²) in [5.74, 6) is 0.810. The molecule has 1 fully saturated rings. The van der Waals surface area contributed by atoms with Crippen LogP contribution >= 0.6 is 0 Å². The minimum absolute atomic E-state index is 0.0178. The van der Waals surface area contributed by atoms with Crippen LogP contribution in [0.1, 0.15) is 36.5 Å². The van der Waals surface area contributed by atoms with Crippen molar-refractivity contribution in [2.45, 2.75) is 32.2 Å². The second kappa shape index (κ2) is 7.41. The number of anilines is 1. The molecule has 0 aromatic carbocycles. The van der Waals surface area contributed by atoms with E-state index in [2.05, 4.69) is 22.1 Å². The van der Waals surface area contributed by atoms with Crippen molar-refractivity contribution in [3.8, 4) is 0 Å². The Balaban J connectivity index is 1.84. The van der Waals surface area contributed by atoms with Gasteiger partial charge in [0.2, 0.25) is 0 Å². The molecule has 1 aliphatic rings. The molecule has 2 heterocycles. The van der Waals surface area contributed by atoms with E-state index in [4.69, 9.17) is 0 Å².